The third-order valence-electron chi connectivity index (χ3n) is 3.04. The number of benzene rings is 2. The SMILES string of the molecule is CN(C)C(=NCc1ccccc1)NCc1ccc(F)cc1.I. The Morgan fingerprint density at radius 1 is 1.00 bits per heavy atom. The Morgan fingerprint density at radius 2 is 1.64 bits per heavy atom. The van der Waals surface area contributed by atoms with Crippen molar-refractivity contribution in [3.63, 3.8) is 0 Å². The molecule has 0 bridgehead atoms. The Labute approximate surface area is 148 Å². The van der Waals surface area contributed by atoms with E-state index in [0.29, 0.717) is 13.1 Å². The summed E-state index contributed by atoms with van der Waals surface area (Å²) in [6.45, 7) is 1.25. The van der Waals surface area contributed by atoms with E-state index in [-0.39, 0.29) is 29.8 Å². The van der Waals surface area contributed by atoms with Crippen LogP contribution in [-0.4, -0.2) is 25.0 Å². The highest BCUT2D eigenvalue weighted by molar-refractivity contribution is 14.0. The average Bonchev–Trinajstić information content (AvgIpc) is 2.49. The second-order valence-corrected chi connectivity index (χ2v) is 5.00. The molecule has 5 heteroatoms. The van der Waals surface area contributed by atoms with Crippen molar-refractivity contribution in [3.05, 3.63) is 71.5 Å². The van der Waals surface area contributed by atoms with E-state index in [1.165, 1.54) is 17.7 Å². The molecule has 0 atom stereocenters. The third-order valence-corrected chi connectivity index (χ3v) is 3.04. The number of nitrogens with zero attached hydrogens (tertiary/aromatic N) is 2. The maximum atomic E-state index is 12.9. The zero-order valence-electron chi connectivity index (χ0n) is 12.8. The molecule has 0 unspecified atom stereocenters. The van der Waals surface area contributed by atoms with Crippen molar-refractivity contribution in [2.75, 3.05) is 14.1 Å². The minimum atomic E-state index is -0.218. The normalized spacial score (nSPS) is 10.8. The molecule has 0 saturated heterocycles. The van der Waals surface area contributed by atoms with Crippen molar-refractivity contribution in [3.8, 4) is 0 Å². The van der Waals surface area contributed by atoms with E-state index < -0.39 is 0 Å². The van der Waals surface area contributed by atoms with Crippen molar-refractivity contribution in [2.24, 2.45) is 4.99 Å². The van der Waals surface area contributed by atoms with Crippen LogP contribution in [0.1, 0.15) is 11.1 Å². The maximum Gasteiger partial charge on any atom is 0.194 e. The summed E-state index contributed by atoms with van der Waals surface area (Å²) in [5.41, 5.74) is 2.19. The van der Waals surface area contributed by atoms with Gasteiger partial charge in [0.2, 0.25) is 0 Å². The highest BCUT2D eigenvalue weighted by Gasteiger charge is 2.02. The quantitative estimate of drug-likeness (QED) is 0.471. The van der Waals surface area contributed by atoms with Gasteiger partial charge in [-0.1, -0.05) is 42.5 Å². The molecular formula is C17H21FIN3. The lowest BCUT2D eigenvalue weighted by Crippen LogP contribution is -2.36. The van der Waals surface area contributed by atoms with Crippen LogP contribution >= 0.6 is 24.0 Å². The van der Waals surface area contributed by atoms with Gasteiger partial charge in [0.25, 0.3) is 0 Å². The number of hydrogen-bond donors (Lipinski definition) is 1. The molecule has 0 aliphatic rings. The van der Waals surface area contributed by atoms with Crippen LogP contribution in [0.25, 0.3) is 0 Å². The van der Waals surface area contributed by atoms with Crippen LogP contribution in [0.4, 0.5) is 4.39 Å². The fourth-order valence-corrected chi connectivity index (χ4v) is 1.89. The number of halogens is 2. The minimum Gasteiger partial charge on any atom is -0.352 e. The molecule has 2 aromatic rings. The van der Waals surface area contributed by atoms with Crippen LogP contribution in [0.3, 0.4) is 0 Å². The van der Waals surface area contributed by atoms with Gasteiger partial charge < -0.3 is 10.2 Å². The monoisotopic (exact) mass is 413 g/mol. The van der Waals surface area contributed by atoms with Crippen molar-refractivity contribution < 1.29 is 4.39 Å². The van der Waals surface area contributed by atoms with Gasteiger partial charge >= 0.3 is 0 Å². The molecule has 1 N–H and O–H groups in total. The zero-order valence-corrected chi connectivity index (χ0v) is 15.1. The Balaban J connectivity index is 0.00000242. The van der Waals surface area contributed by atoms with Crippen LogP contribution in [0.2, 0.25) is 0 Å². The number of nitrogens with one attached hydrogen (secondary N) is 1. The Morgan fingerprint density at radius 3 is 2.23 bits per heavy atom. The molecular weight excluding hydrogens is 392 g/mol. The van der Waals surface area contributed by atoms with Crippen molar-refractivity contribution in [2.45, 2.75) is 13.1 Å². The second-order valence-electron chi connectivity index (χ2n) is 5.00. The number of rotatable bonds is 4. The van der Waals surface area contributed by atoms with Crippen molar-refractivity contribution in [1.29, 1.82) is 0 Å². The smallest absolute Gasteiger partial charge is 0.194 e. The van der Waals surface area contributed by atoms with Crippen molar-refractivity contribution >= 4 is 29.9 Å². The summed E-state index contributed by atoms with van der Waals surface area (Å²) in [5.74, 6) is 0.590. The first-order valence-electron chi connectivity index (χ1n) is 6.89. The topological polar surface area (TPSA) is 27.6 Å². The van der Waals surface area contributed by atoms with Crippen molar-refractivity contribution in [1.82, 2.24) is 10.2 Å². The van der Waals surface area contributed by atoms with Crippen LogP contribution in [0, 0.1) is 5.82 Å². The van der Waals surface area contributed by atoms with Gasteiger partial charge in [-0.3, -0.25) is 0 Å². The molecule has 22 heavy (non-hydrogen) atoms. The summed E-state index contributed by atoms with van der Waals surface area (Å²) < 4.78 is 12.9. The van der Waals surface area contributed by atoms with E-state index in [4.69, 9.17) is 0 Å². The predicted molar refractivity (Wildman–Crippen MR) is 99.9 cm³/mol. The van der Waals surface area contributed by atoms with Gasteiger partial charge in [-0.2, -0.15) is 0 Å². The van der Waals surface area contributed by atoms with Crippen LogP contribution in [0.5, 0.6) is 0 Å². The lowest BCUT2D eigenvalue weighted by Gasteiger charge is -2.17. The number of guanidine groups is 1. The van der Waals surface area contributed by atoms with Crippen LogP contribution in [0.15, 0.2) is 59.6 Å². The van der Waals surface area contributed by atoms with E-state index in [1.54, 1.807) is 12.1 Å². The summed E-state index contributed by atoms with van der Waals surface area (Å²) in [4.78, 5) is 6.52. The summed E-state index contributed by atoms with van der Waals surface area (Å²) in [5, 5.41) is 3.28. The van der Waals surface area contributed by atoms with E-state index in [9.17, 15) is 4.39 Å². The molecule has 2 aromatic carbocycles. The lowest BCUT2D eigenvalue weighted by atomic mass is 10.2. The first-order chi connectivity index (χ1) is 10.1. The Kier molecular flexibility index (Phi) is 7.87. The molecule has 0 amide bonds. The predicted octanol–water partition coefficient (Wildman–Crippen LogP) is 3.65. The summed E-state index contributed by atoms with van der Waals surface area (Å²) in [6.07, 6.45) is 0. The average molecular weight is 413 g/mol. The molecule has 0 aliphatic heterocycles. The second kappa shape index (κ2) is 9.40. The van der Waals surface area contributed by atoms with Gasteiger partial charge in [-0.05, 0) is 23.3 Å². The Hall–Kier alpha value is -1.63. The van der Waals surface area contributed by atoms with E-state index in [2.05, 4.69) is 22.4 Å². The molecule has 0 radical (unpaired) electrons. The molecule has 0 aliphatic carbocycles. The number of hydrogen-bond acceptors (Lipinski definition) is 1. The highest BCUT2D eigenvalue weighted by Crippen LogP contribution is 2.03. The molecule has 0 fully saturated rings. The van der Waals surface area contributed by atoms with Gasteiger partial charge in [0.15, 0.2) is 5.96 Å². The van der Waals surface area contributed by atoms with Gasteiger partial charge in [-0.15, -0.1) is 24.0 Å². The Bertz CT molecular complexity index is 583. The zero-order chi connectivity index (χ0) is 15.1. The summed E-state index contributed by atoms with van der Waals surface area (Å²) in [6, 6.07) is 16.6. The fraction of sp³-hybridized carbons (Fsp3) is 0.235. The highest BCUT2D eigenvalue weighted by atomic mass is 127. The standard InChI is InChI=1S/C17H20FN3.HI/c1-21(2)17(19-12-14-6-4-3-5-7-14)20-13-15-8-10-16(18)11-9-15;/h3-11H,12-13H2,1-2H3,(H,19,20);1H. The molecule has 0 heterocycles. The van der Waals surface area contributed by atoms with Gasteiger partial charge in [0, 0.05) is 20.6 Å². The first-order valence-corrected chi connectivity index (χ1v) is 6.89. The minimum absolute atomic E-state index is 0. The molecule has 2 rings (SSSR count). The molecule has 118 valence electrons. The third kappa shape index (κ3) is 6.01. The van der Waals surface area contributed by atoms with Crippen LogP contribution in [-0.2, 0) is 13.1 Å². The summed E-state index contributed by atoms with van der Waals surface area (Å²) in [7, 11) is 3.89. The molecule has 3 nitrogen and oxygen atoms in total. The van der Waals surface area contributed by atoms with Gasteiger partial charge in [-0.25, -0.2) is 9.38 Å². The number of aliphatic imine (C=N–C) groups is 1. The van der Waals surface area contributed by atoms with E-state index in [1.807, 2.05) is 37.2 Å². The first kappa shape index (κ1) is 18.4. The van der Waals surface area contributed by atoms with Gasteiger partial charge in [0.1, 0.15) is 5.82 Å². The van der Waals surface area contributed by atoms with Crippen LogP contribution < -0.4 is 5.32 Å². The maximum absolute atomic E-state index is 12.9. The van der Waals surface area contributed by atoms with Gasteiger partial charge in [0.05, 0.1) is 6.54 Å². The summed E-state index contributed by atoms with van der Waals surface area (Å²) >= 11 is 0. The van der Waals surface area contributed by atoms with E-state index in [0.717, 1.165) is 11.5 Å². The van der Waals surface area contributed by atoms with E-state index >= 15 is 0 Å². The fourth-order valence-electron chi connectivity index (χ4n) is 1.89. The molecule has 0 aromatic heterocycles. The largest absolute Gasteiger partial charge is 0.352 e. The molecule has 0 spiro atoms. The molecule has 0 saturated carbocycles. The lowest BCUT2D eigenvalue weighted by molar-refractivity contribution is 0.578.